The molecule has 0 spiro atoms. The van der Waals surface area contributed by atoms with Crippen molar-refractivity contribution in [3.8, 4) is 0 Å². The third kappa shape index (κ3) is 3.98. The van der Waals surface area contributed by atoms with Crippen LogP contribution in [0.1, 0.15) is 42.5 Å². The Kier molecular flexibility index (Phi) is 5.39. The molecule has 27 heavy (non-hydrogen) atoms. The zero-order valence-corrected chi connectivity index (χ0v) is 15.8. The predicted octanol–water partition coefficient (Wildman–Crippen LogP) is 6.05. The Morgan fingerprint density at radius 3 is 2.67 bits per heavy atom. The number of benzene rings is 2. The summed E-state index contributed by atoms with van der Waals surface area (Å²) in [5, 5.41) is 4.25. The van der Waals surface area contributed by atoms with Gasteiger partial charge in [0.2, 0.25) is 0 Å². The molecule has 0 saturated heterocycles. The molecule has 1 aliphatic carbocycles. The molecule has 3 nitrogen and oxygen atoms in total. The van der Waals surface area contributed by atoms with Crippen LogP contribution in [-0.2, 0) is 0 Å². The van der Waals surface area contributed by atoms with Crippen LogP contribution in [0.2, 0.25) is 0 Å². The maximum atomic E-state index is 14.6. The van der Waals surface area contributed by atoms with E-state index in [1.165, 1.54) is 25.3 Å². The maximum absolute atomic E-state index is 14.6. The van der Waals surface area contributed by atoms with E-state index in [1.54, 1.807) is 30.1 Å². The van der Waals surface area contributed by atoms with Crippen molar-refractivity contribution in [2.24, 2.45) is 0 Å². The maximum Gasteiger partial charge on any atom is 0.259 e. The summed E-state index contributed by atoms with van der Waals surface area (Å²) in [6.45, 7) is 0. The van der Waals surface area contributed by atoms with Crippen molar-refractivity contribution in [1.29, 1.82) is 0 Å². The molecule has 5 heteroatoms. The monoisotopic (exact) mass is 380 g/mol. The highest BCUT2D eigenvalue weighted by Crippen LogP contribution is 2.36. The van der Waals surface area contributed by atoms with E-state index in [1.807, 2.05) is 30.3 Å². The lowest BCUT2D eigenvalue weighted by Gasteiger charge is -2.22. The number of hydrogen-bond donors (Lipinski definition) is 1. The summed E-state index contributed by atoms with van der Waals surface area (Å²) in [5.74, 6) is -0.911. The van der Waals surface area contributed by atoms with Gasteiger partial charge in [0.1, 0.15) is 5.82 Å². The summed E-state index contributed by atoms with van der Waals surface area (Å²) in [5.41, 5.74) is 1.42. The van der Waals surface area contributed by atoms with E-state index in [9.17, 15) is 9.18 Å². The SMILES string of the molecule is O=C(Nc1cccc2cccnc12)c1c(F)cccc1SC1CCCCC1. The van der Waals surface area contributed by atoms with E-state index in [-0.39, 0.29) is 5.56 Å². The normalized spacial score (nSPS) is 15.0. The second kappa shape index (κ2) is 8.09. The fourth-order valence-corrected chi connectivity index (χ4v) is 4.97. The van der Waals surface area contributed by atoms with Gasteiger partial charge in [-0.1, -0.05) is 43.5 Å². The second-order valence-corrected chi connectivity index (χ2v) is 8.17. The van der Waals surface area contributed by atoms with Crippen LogP contribution in [-0.4, -0.2) is 16.1 Å². The van der Waals surface area contributed by atoms with Crippen LogP contribution in [0.5, 0.6) is 0 Å². The number of anilines is 1. The molecule has 2 aromatic carbocycles. The quantitative estimate of drug-likeness (QED) is 0.599. The minimum atomic E-state index is -0.485. The van der Waals surface area contributed by atoms with Gasteiger partial charge in [-0.25, -0.2) is 4.39 Å². The van der Waals surface area contributed by atoms with Crippen LogP contribution in [0.15, 0.2) is 59.6 Å². The zero-order valence-electron chi connectivity index (χ0n) is 15.0. The molecule has 0 unspecified atom stereocenters. The number of carbonyl (C=O) groups excluding carboxylic acids is 1. The first-order valence-electron chi connectivity index (χ1n) is 9.32. The van der Waals surface area contributed by atoms with Crippen molar-refractivity contribution < 1.29 is 9.18 Å². The first-order valence-corrected chi connectivity index (χ1v) is 10.2. The van der Waals surface area contributed by atoms with Crippen molar-refractivity contribution in [3.63, 3.8) is 0 Å². The number of nitrogens with one attached hydrogen (secondary N) is 1. The molecule has 3 aromatic rings. The van der Waals surface area contributed by atoms with Gasteiger partial charge in [-0.3, -0.25) is 9.78 Å². The third-order valence-corrected chi connectivity index (χ3v) is 6.33. The van der Waals surface area contributed by atoms with Gasteiger partial charge in [-0.2, -0.15) is 0 Å². The molecule has 0 atom stereocenters. The van der Waals surface area contributed by atoms with E-state index in [0.717, 1.165) is 18.2 Å². The Morgan fingerprint density at radius 1 is 1.04 bits per heavy atom. The van der Waals surface area contributed by atoms with E-state index in [2.05, 4.69) is 10.3 Å². The van der Waals surface area contributed by atoms with E-state index in [4.69, 9.17) is 0 Å². The number of halogens is 1. The topological polar surface area (TPSA) is 42.0 Å². The van der Waals surface area contributed by atoms with E-state index < -0.39 is 11.7 Å². The van der Waals surface area contributed by atoms with Gasteiger partial charge in [0.05, 0.1) is 16.8 Å². The number of aromatic nitrogens is 1. The molecule has 1 N–H and O–H groups in total. The Bertz CT molecular complexity index is 964. The van der Waals surface area contributed by atoms with Gasteiger partial charge in [0.15, 0.2) is 0 Å². The standard InChI is InChI=1S/C22H21FN2OS/c23-17-11-5-13-19(27-16-9-2-1-3-10-16)20(17)22(26)25-18-12-4-7-15-8-6-14-24-21(15)18/h4-8,11-14,16H,1-3,9-10H2,(H,25,26). The molecule has 1 fully saturated rings. The highest BCUT2D eigenvalue weighted by atomic mass is 32.2. The van der Waals surface area contributed by atoms with Crippen LogP contribution >= 0.6 is 11.8 Å². The molecular formula is C22H21FN2OS. The molecule has 138 valence electrons. The third-order valence-electron chi connectivity index (χ3n) is 4.93. The summed E-state index contributed by atoms with van der Waals surface area (Å²) in [4.78, 5) is 18.0. The summed E-state index contributed by atoms with van der Waals surface area (Å²) >= 11 is 1.63. The molecular weight excluding hydrogens is 359 g/mol. The number of rotatable bonds is 4. The zero-order chi connectivity index (χ0) is 18.6. The number of carbonyl (C=O) groups is 1. The van der Waals surface area contributed by atoms with Crippen molar-refractivity contribution in [2.75, 3.05) is 5.32 Å². The molecule has 1 aromatic heterocycles. The minimum absolute atomic E-state index is 0.126. The molecule has 1 heterocycles. The summed E-state index contributed by atoms with van der Waals surface area (Å²) in [7, 11) is 0. The van der Waals surface area contributed by atoms with Crippen LogP contribution in [0.3, 0.4) is 0 Å². The van der Waals surface area contributed by atoms with Gasteiger partial charge in [-0.05, 0) is 37.1 Å². The number of fused-ring (bicyclic) bond motifs is 1. The number of amides is 1. The van der Waals surface area contributed by atoms with E-state index >= 15 is 0 Å². The van der Waals surface area contributed by atoms with E-state index in [0.29, 0.717) is 21.3 Å². The van der Waals surface area contributed by atoms with Crippen molar-refractivity contribution in [3.05, 3.63) is 66.1 Å². The Labute approximate surface area is 162 Å². The molecule has 4 rings (SSSR count). The number of hydrogen-bond acceptors (Lipinski definition) is 3. The molecule has 0 aliphatic heterocycles. The molecule has 1 saturated carbocycles. The Hall–Kier alpha value is -2.40. The highest BCUT2D eigenvalue weighted by Gasteiger charge is 2.22. The average molecular weight is 380 g/mol. The van der Waals surface area contributed by atoms with Crippen LogP contribution in [0, 0.1) is 5.82 Å². The second-order valence-electron chi connectivity index (χ2n) is 6.83. The smallest absolute Gasteiger partial charge is 0.259 e. The average Bonchev–Trinajstić information content (AvgIpc) is 2.69. The number of thioether (sulfide) groups is 1. The van der Waals surface area contributed by atoms with Crippen molar-refractivity contribution in [2.45, 2.75) is 42.2 Å². The van der Waals surface area contributed by atoms with Gasteiger partial charge in [0, 0.05) is 21.7 Å². The van der Waals surface area contributed by atoms with Crippen LogP contribution in [0.25, 0.3) is 10.9 Å². The fourth-order valence-electron chi connectivity index (χ4n) is 3.58. The summed E-state index contributed by atoms with van der Waals surface area (Å²) in [6.07, 6.45) is 7.60. The summed E-state index contributed by atoms with van der Waals surface area (Å²) < 4.78 is 14.6. The number of nitrogens with zero attached hydrogens (tertiary/aromatic N) is 1. The molecule has 1 amide bonds. The van der Waals surface area contributed by atoms with Gasteiger partial charge >= 0.3 is 0 Å². The number of para-hydroxylation sites is 1. The Balaban J connectivity index is 1.63. The fraction of sp³-hybridized carbons (Fsp3) is 0.273. The Morgan fingerprint density at radius 2 is 1.81 bits per heavy atom. The molecule has 1 aliphatic rings. The van der Waals surface area contributed by atoms with Crippen molar-refractivity contribution in [1.82, 2.24) is 4.98 Å². The van der Waals surface area contributed by atoms with Gasteiger partial charge < -0.3 is 5.32 Å². The first-order chi connectivity index (χ1) is 13.2. The first kappa shape index (κ1) is 18.0. The van der Waals surface area contributed by atoms with Crippen molar-refractivity contribution >= 4 is 34.3 Å². The minimum Gasteiger partial charge on any atom is -0.320 e. The predicted molar refractivity (Wildman–Crippen MR) is 109 cm³/mol. The molecule has 0 bridgehead atoms. The van der Waals surface area contributed by atoms with Crippen LogP contribution < -0.4 is 5.32 Å². The van der Waals surface area contributed by atoms with Gasteiger partial charge in [-0.15, -0.1) is 11.8 Å². The van der Waals surface area contributed by atoms with Gasteiger partial charge in [0.25, 0.3) is 5.91 Å². The summed E-state index contributed by atoms with van der Waals surface area (Å²) in [6, 6.07) is 14.2. The van der Waals surface area contributed by atoms with Crippen LogP contribution in [0.4, 0.5) is 10.1 Å². The molecule has 0 radical (unpaired) electrons. The lowest BCUT2D eigenvalue weighted by molar-refractivity contribution is 0.102. The lowest BCUT2D eigenvalue weighted by Crippen LogP contribution is -2.16. The highest BCUT2D eigenvalue weighted by molar-refractivity contribution is 8.00. The lowest BCUT2D eigenvalue weighted by atomic mass is 10.0. The number of pyridine rings is 1. The largest absolute Gasteiger partial charge is 0.320 e.